The molecule has 0 aromatic heterocycles. The van der Waals surface area contributed by atoms with Gasteiger partial charge in [-0.15, -0.1) is 11.8 Å². The fourth-order valence-corrected chi connectivity index (χ4v) is 5.82. The molecule has 0 radical (unpaired) electrons. The van der Waals surface area contributed by atoms with Crippen molar-refractivity contribution in [2.24, 2.45) is 11.3 Å². The lowest BCUT2D eigenvalue weighted by Crippen LogP contribution is -2.63. The molecule has 1 fully saturated rings. The lowest BCUT2D eigenvalue weighted by atomic mass is 9.92. The Kier molecular flexibility index (Phi) is 10.4. The molecule has 214 valence electrons. The van der Waals surface area contributed by atoms with Crippen molar-refractivity contribution in [2.45, 2.75) is 52.7 Å². The maximum atomic E-state index is 13.7. The van der Waals surface area contributed by atoms with Gasteiger partial charge in [-0.1, -0.05) is 45.9 Å². The lowest BCUT2D eigenvalue weighted by molar-refractivity contribution is -0.384. The van der Waals surface area contributed by atoms with E-state index in [2.05, 4.69) is 0 Å². The summed E-state index contributed by atoms with van der Waals surface area (Å²) in [5, 5.41) is 20.2. The first kappa shape index (κ1) is 31.2. The van der Waals surface area contributed by atoms with E-state index in [-0.39, 0.29) is 28.2 Å². The number of nitro benzene ring substituents is 1. The Hall–Kier alpha value is -3.35. The van der Waals surface area contributed by atoms with Gasteiger partial charge in [0.1, 0.15) is 12.4 Å². The highest BCUT2D eigenvalue weighted by molar-refractivity contribution is 8.16. The Morgan fingerprint density at radius 3 is 2.27 bits per heavy atom. The molecule has 0 unspecified atom stereocenters. The number of nitrogens with zero attached hydrogens (tertiary/aromatic N) is 2. The van der Waals surface area contributed by atoms with Crippen LogP contribution in [-0.4, -0.2) is 49.2 Å². The number of thioether (sulfide) groups is 2. The van der Waals surface area contributed by atoms with Crippen LogP contribution in [-0.2, 0) is 25.7 Å². The number of esters is 1. The molecule has 0 aliphatic carbocycles. The number of likely N-dealkylation sites (tertiary alicyclic amines) is 1. The molecule has 3 rings (SSSR count). The largest absolute Gasteiger partial charge is 0.456 e. The zero-order valence-electron chi connectivity index (χ0n) is 22.9. The van der Waals surface area contributed by atoms with Crippen LogP contribution in [0.5, 0.6) is 5.75 Å². The number of hydrogen-bond donors (Lipinski definition) is 1. The van der Waals surface area contributed by atoms with E-state index in [1.807, 2.05) is 6.92 Å². The molecule has 0 spiro atoms. The quantitative estimate of drug-likeness (QED) is 0.0942. The summed E-state index contributed by atoms with van der Waals surface area (Å²) in [5.41, 5.74) is -0.677. The minimum Gasteiger partial charge on any atom is -0.456 e. The number of benzene rings is 2. The molecule has 1 amide bonds. The topological polar surface area (TPSA) is 136 Å². The van der Waals surface area contributed by atoms with Gasteiger partial charge in [-0.25, -0.2) is 4.79 Å². The second-order valence-corrected chi connectivity index (χ2v) is 12.4. The summed E-state index contributed by atoms with van der Waals surface area (Å²) in [6.07, 6.45) is -0.965. The molecular weight excluding hydrogens is 556 g/mol. The Labute approximate surface area is 241 Å². The van der Waals surface area contributed by atoms with Crippen molar-refractivity contribution >= 4 is 46.2 Å². The third kappa shape index (κ3) is 7.43. The third-order valence-electron chi connectivity index (χ3n) is 5.84. The minimum absolute atomic E-state index is 0.110. The lowest BCUT2D eigenvalue weighted by Gasteiger charge is -2.48. The molecule has 2 aromatic rings. The number of para-hydroxylation sites is 1. The molecule has 2 aromatic carbocycles. The highest BCUT2D eigenvalue weighted by atomic mass is 32.2. The first-order valence-corrected chi connectivity index (χ1v) is 14.4. The SMILES string of the molecule is CCS[C@@H]1[C@@H]([C@@H](C)O)C(=O)N1/C(C(=O)OCc1ccc([N+](=O)[O-])cc1)=C(/Oc1ccccc1)SC(=O)C(C)(C)C. The number of carbonyl (C=O) groups is 3. The Bertz CT molecular complexity index is 1270. The summed E-state index contributed by atoms with van der Waals surface area (Å²) < 4.78 is 11.6. The van der Waals surface area contributed by atoms with Crippen molar-refractivity contribution in [3.63, 3.8) is 0 Å². The van der Waals surface area contributed by atoms with Gasteiger partial charge < -0.3 is 14.6 Å². The molecule has 0 saturated carbocycles. The number of nitro groups is 1. The van der Waals surface area contributed by atoms with Crippen LogP contribution in [0.2, 0.25) is 0 Å². The molecule has 1 aliphatic rings. The zero-order valence-corrected chi connectivity index (χ0v) is 24.5. The van der Waals surface area contributed by atoms with Crippen LogP contribution in [0.1, 0.15) is 40.2 Å². The number of β-lactam (4-membered cyclic amide) rings is 1. The first-order valence-electron chi connectivity index (χ1n) is 12.6. The van der Waals surface area contributed by atoms with Gasteiger partial charge in [0, 0.05) is 17.5 Å². The van der Waals surface area contributed by atoms with Crippen LogP contribution in [0.15, 0.2) is 65.4 Å². The maximum absolute atomic E-state index is 13.7. The van der Waals surface area contributed by atoms with Gasteiger partial charge >= 0.3 is 5.97 Å². The molecule has 10 nitrogen and oxygen atoms in total. The smallest absolute Gasteiger partial charge is 0.359 e. The molecule has 1 saturated heterocycles. The molecule has 0 bridgehead atoms. The van der Waals surface area contributed by atoms with Crippen LogP contribution < -0.4 is 4.74 Å². The number of aliphatic hydroxyl groups excluding tert-OH is 1. The van der Waals surface area contributed by atoms with Crippen molar-refractivity contribution < 1.29 is 33.9 Å². The summed E-state index contributed by atoms with van der Waals surface area (Å²) in [4.78, 5) is 51.9. The zero-order chi connectivity index (χ0) is 29.6. The van der Waals surface area contributed by atoms with E-state index in [1.54, 1.807) is 51.1 Å². The summed E-state index contributed by atoms with van der Waals surface area (Å²) in [6, 6.07) is 14.0. The molecular formula is C28H32N2O8S2. The number of amides is 1. The first-order chi connectivity index (χ1) is 18.8. The van der Waals surface area contributed by atoms with Gasteiger partial charge in [0.15, 0.2) is 10.8 Å². The Morgan fingerprint density at radius 1 is 1.12 bits per heavy atom. The maximum Gasteiger partial charge on any atom is 0.359 e. The average Bonchev–Trinajstić information content (AvgIpc) is 2.89. The summed E-state index contributed by atoms with van der Waals surface area (Å²) in [7, 11) is 0. The average molecular weight is 589 g/mol. The van der Waals surface area contributed by atoms with Crippen molar-refractivity contribution in [3.8, 4) is 5.75 Å². The van der Waals surface area contributed by atoms with Gasteiger partial charge in [0.25, 0.3) is 5.69 Å². The van der Waals surface area contributed by atoms with E-state index < -0.39 is 39.6 Å². The summed E-state index contributed by atoms with van der Waals surface area (Å²) in [5.74, 6) is -1.25. The van der Waals surface area contributed by atoms with Gasteiger partial charge in [-0.05, 0) is 54.3 Å². The van der Waals surface area contributed by atoms with E-state index >= 15 is 0 Å². The van der Waals surface area contributed by atoms with E-state index in [1.165, 1.54) is 47.9 Å². The molecule has 1 N–H and O–H groups in total. The number of non-ortho nitro benzene ring substituents is 1. The van der Waals surface area contributed by atoms with Crippen molar-refractivity contribution in [1.82, 2.24) is 4.90 Å². The molecule has 3 atom stereocenters. The monoisotopic (exact) mass is 588 g/mol. The van der Waals surface area contributed by atoms with Gasteiger partial charge in [0.05, 0.1) is 22.3 Å². The number of rotatable bonds is 11. The van der Waals surface area contributed by atoms with Gasteiger partial charge in [0.2, 0.25) is 11.0 Å². The van der Waals surface area contributed by atoms with E-state index in [0.717, 1.165) is 0 Å². The number of aliphatic hydroxyl groups is 1. The van der Waals surface area contributed by atoms with Crippen LogP contribution >= 0.6 is 23.5 Å². The normalized spacial score (nSPS) is 18.4. The number of hydrogen-bond acceptors (Lipinski definition) is 10. The molecule has 40 heavy (non-hydrogen) atoms. The van der Waals surface area contributed by atoms with Gasteiger partial charge in [-0.2, -0.15) is 0 Å². The van der Waals surface area contributed by atoms with Crippen molar-refractivity contribution in [1.29, 1.82) is 0 Å². The molecule has 12 heteroatoms. The Morgan fingerprint density at radius 2 is 1.75 bits per heavy atom. The van der Waals surface area contributed by atoms with Crippen LogP contribution in [0.4, 0.5) is 5.69 Å². The van der Waals surface area contributed by atoms with Crippen molar-refractivity contribution in [3.05, 3.63) is 81.1 Å². The molecule has 1 heterocycles. The van der Waals surface area contributed by atoms with Crippen LogP contribution in [0.3, 0.4) is 0 Å². The summed E-state index contributed by atoms with van der Waals surface area (Å²) >= 11 is 2.06. The van der Waals surface area contributed by atoms with Crippen molar-refractivity contribution in [2.75, 3.05) is 5.75 Å². The predicted molar refractivity (Wildman–Crippen MR) is 153 cm³/mol. The highest BCUT2D eigenvalue weighted by Crippen LogP contribution is 2.43. The van der Waals surface area contributed by atoms with Crippen LogP contribution in [0.25, 0.3) is 0 Å². The van der Waals surface area contributed by atoms with Gasteiger partial charge in [-0.3, -0.25) is 24.6 Å². The second kappa shape index (κ2) is 13.3. The highest BCUT2D eigenvalue weighted by Gasteiger charge is 2.54. The predicted octanol–water partition coefficient (Wildman–Crippen LogP) is 5.11. The second-order valence-electron chi connectivity index (χ2n) is 10.0. The fraction of sp³-hybridized carbons (Fsp3) is 0.393. The number of carbonyl (C=O) groups excluding carboxylic acids is 3. The van der Waals surface area contributed by atoms with E-state index in [4.69, 9.17) is 9.47 Å². The summed E-state index contributed by atoms with van der Waals surface area (Å²) in [6.45, 7) is 8.33. The fourth-order valence-electron chi connectivity index (χ4n) is 3.68. The standard InChI is InChI=1S/C28H32N2O8S2/c1-6-39-24-21(17(2)31)23(32)29(24)22(25(33)37-16-18-12-14-19(15-13-18)30(35)36)26(40-27(34)28(3,4)5)38-20-10-8-7-9-11-20/h7-15,17,21,24,31H,6,16H2,1-5H3/b26-22-/t17-,21+,24-/m1/s1. The minimum atomic E-state index is -0.965. The van der Waals surface area contributed by atoms with E-state index in [0.29, 0.717) is 28.8 Å². The number of ether oxygens (including phenoxy) is 2. The van der Waals surface area contributed by atoms with E-state index in [9.17, 15) is 29.6 Å². The molecule has 1 aliphatic heterocycles. The van der Waals surface area contributed by atoms with Crippen LogP contribution in [0, 0.1) is 21.4 Å². The Balaban J connectivity index is 2.07. The third-order valence-corrected chi connectivity index (χ3v) is 8.28.